The zero-order valence-corrected chi connectivity index (χ0v) is 12.1. The molecule has 8 heteroatoms. The highest BCUT2D eigenvalue weighted by Gasteiger charge is 2.14. The van der Waals surface area contributed by atoms with Crippen LogP contribution in [0.2, 0.25) is 15.1 Å². The van der Waals surface area contributed by atoms with Crippen LogP contribution >= 0.6 is 34.8 Å². The molecule has 3 N–H and O–H groups in total. The summed E-state index contributed by atoms with van der Waals surface area (Å²) in [5.41, 5.74) is 0.216. The van der Waals surface area contributed by atoms with Crippen molar-refractivity contribution in [1.82, 2.24) is 5.32 Å². The van der Waals surface area contributed by atoms with Gasteiger partial charge in [-0.1, -0.05) is 34.8 Å². The van der Waals surface area contributed by atoms with Gasteiger partial charge in [0.05, 0.1) is 22.2 Å². The first-order valence-corrected chi connectivity index (χ1v) is 6.37. The number of carboxylic acids is 1. The first-order valence-electron chi connectivity index (χ1n) is 5.23. The minimum atomic E-state index is -1.00. The Bertz CT molecular complexity index is 485. The maximum atomic E-state index is 11.6. The summed E-state index contributed by atoms with van der Waals surface area (Å²) in [5, 5.41) is 14.2. The van der Waals surface area contributed by atoms with Gasteiger partial charge in [-0.05, 0) is 19.1 Å². The van der Waals surface area contributed by atoms with Gasteiger partial charge < -0.3 is 15.7 Å². The molecule has 0 bridgehead atoms. The van der Waals surface area contributed by atoms with E-state index < -0.39 is 18.0 Å². The normalized spacial score (nSPS) is 11.8. The second-order valence-electron chi connectivity index (χ2n) is 3.84. The van der Waals surface area contributed by atoms with E-state index in [2.05, 4.69) is 10.6 Å². The first-order chi connectivity index (χ1) is 8.79. The predicted molar refractivity (Wildman–Crippen MR) is 75.3 cm³/mol. The monoisotopic (exact) mass is 324 g/mol. The quantitative estimate of drug-likeness (QED) is 0.791. The number of hydrogen-bond acceptors (Lipinski definition) is 2. The smallest absolute Gasteiger partial charge is 0.319 e. The number of urea groups is 1. The number of amides is 2. The van der Waals surface area contributed by atoms with E-state index in [0.29, 0.717) is 5.02 Å². The van der Waals surface area contributed by atoms with E-state index in [0.717, 1.165) is 0 Å². The molecule has 0 saturated heterocycles. The van der Waals surface area contributed by atoms with Crippen molar-refractivity contribution in [2.24, 2.45) is 0 Å². The Hall–Kier alpha value is -1.17. The molecular weight excluding hydrogens is 314 g/mol. The van der Waals surface area contributed by atoms with Crippen LogP contribution in [0.1, 0.15) is 13.3 Å². The molecule has 1 unspecified atom stereocenters. The number of rotatable bonds is 4. The number of nitrogens with one attached hydrogen (secondary N) is 2. The summed E-state index contributed by atoms with van der Waals surface area (Å²) in [7, 11) is 0. The fourth-order valence-electron chi connectivity index (χ4n) is 1.35. The van der Waals surface area contributed by atoms with Crippen LogP contribution in [0.4, 0.5) is 10.5 Å². The molecule has 0 spiro atoms. The van der Waals surface area contributed by atoms with Crippen LogP contribution in [-0.2, 0) is 4.79 Å². The molecule has 0 radical (unpaired) electrons. The number of anilines is 1. The summed E-state index contributed by atoms with van der Waals surface area (Å²) < 4.78 is 0. The van der Waals surface area contributed by atoms with Gasteiger partial charge in [-0.15, -0.1) is 0 Å². The average Bonchev–Trinajstić information content (AvgIpc) is 2.21. The van der Waals surface area contributed by atoms with Crippen LogP contribution in [0, 0.1) is 0 Å². The second-order valence-corrected chi connectivity index (χ2v) is 5.09. The minimum Gasteiger partial charge on any atom is -0.481 e. The van der Waals surface area contributed by atoms with Gasteiger partial charge in [-0.2, -0.15) is 0 Å². The Kier molecular flexibility index (Phi) is 5.72. The number of halogens is 3. The molecule has 19 heavy (non-hydrogen) atoms. The van der Waals surface area contributed by atoms with E-state index in [1.54, 1.807) is 6.92 Å². The van der Waals surface area contributed by atoms with Gasteiger partial charge in [0.2, 0.25) is 0 Å². The van der Waals surface area contributed by atoms with Crippen molar-refractivity contribution in [1.29, 1.82) is 0 Å². The van der Waals surface area contributed by atoms with E-state index in [9.17, 15) is 9.59 Å². The highest BCUT2D eigenvalue weighted by atomic mass is 35.5. The van der Waals surface area contributed by atoms with Crippen LogP contribution < -0.4 is 10.6 Å². The highest BCUT2D eigenvalue weighted by molar-refractivity contribution is 6.42. The number of benzene rings is 1. The first kappa shape index (κ1) is 15.9. The van der Waals surface area contributed by atoms with E-state index in [-0.39, 0.29) is 22.2 Å². The maximum Gasteiger partial charge on any atom is 0.319 e. The van der Waals surface area contributed by atoms with E-state index in [4.69, 9.17) is 39.9 Å². The Labute approximate surface area is 124 Å². The summed E-state index contributed by atoms with van der Waals surface area (Å²) in [4.78, 5) is 22.1. The molecule has 104 valence electrons. The Morgan fingerprint density at radius 2 is 1.79 bits per heavy atom. The maximum absolute atomic E-state index is 11.6. The van der Waals surface area contributed by atoms with Gasteiger partial charge in [-0.3, -0.25) is 4.79 Å². The molecule has 0 aliphatic carbocycles. The van der Waals surface area contributed by atoms with Gasteiger partial charge in [0.1, 0.15) is 0 Å². The van der Waals surface area contributed by atoms with Gasteiger partial charge in [-0.25, -0.2) is 4.79 Å². The summed E-state index contributed by atoms with van der Waals surface area (Å²) in [5.74, 6) is -1.00. The molecule has 1 aromatic rings. The van der Waals surface area contributed by atoms with Crippen molar-refractivity contribution in [3.05, 3.63) is 27.2 Å². The lowest BCUT2D eigenvalue weighted by Gasteiger charge is -2.14. The summed E-state index contributed by atoms with van der Waals surface area (Å²) in [6.45, 7) is 1.57. The Morgan fingerprint density at radius 3 is 2.26 bits per heavy atom. The van der Waals surface area contributed by atoms with Crippen LogP contribution in [0.15, 0.2) is 12.1 Å². The van der Waals surface area contributed by atoms with Gasteiger partial charge in [0.25, 0.3) is 0 Å². The molecule has 1 aromatic carbocycles. The average molecular weight is 326 g/mol. The molecule has 0 aliphatic rings. The van der Waals surface area contributed by atoms with Crippen molar-refractivity contribution in [3.63, 3.8) is 0 Å². The van der Waals surface area contributed by atoms with Gasteiger partial charge >= 0.3 is 12.0 Å². The van der Waals surface area contributed by atoms with Crippen LogP contribution in [-0.4, -0.2) is 23.1 Å². The zero-order chi connectivity index (χ0) is 14.6. The van der Waals surface area contributed by atoms with Crippen molar-refractivity contribution in [2.75, 3.05) is 5.32 Å². The third-order valence-corrected chi connectivity index (χ3v) is 2.92. The summed E-state index contributed by atoms with van der Waals surface area (Å²) >= 11 is 17.5. The number of carbonyl (C=O) groups excluding carboxylic acids is 1. The van der Waals surface area contributed by atoms with Crippen LogP contribution in [0.5, 0.6) is 0 Å². The topological polar surface area (TPSA) is 78.4 Å². The molecule has 0 fully saturated rings. The number of hydrogen-bond donors (Lipinski definition) is 3. The third kappa shape index (κ3) is 5.14. The Balaban J connectivity index is 2.70. The Morgan fingerprint density at radius 1 is 1.26 bits per heavy atom. The van der Waals surface area contributed by atoms with Gasteiger partial charge in [0.15, 0.2) is 0 Å². The van der Waals surface area contributed by atoms with E-state index >= 15 is 0 Å². The summed E-state index contributed by atoms with van der Waals surface area (Å²) in [6, 6.07) is 1.75. The van der Waals surface area contributed by atoms with E-state index in [1.807, 2.05) is 0 Å². The molecule has 0 saturated carbocycles. The highest BCUT2D eigenvalue weighted by Crippen LogP contribution is 2.33. The largest absolute Gasteiger partial charge is 0.481 e. The molecular formula is C11H11Cl3N2O3. The van der Waals surface area contributed by atoms with E-state index in [1.165, 1.54) is 12.1 Å². The lowest BCUT2D eigenvalue weighted by atomic mass is 10.2. The molecule has 5 nitrogen and oxygen atoms in total. The van der Waals surface area contributed by atoms with Crippen molar-refractivity contribution in [3.8, 4) is 0 Å². The lowest BCUT2D eigenvalue weighted by Crippen LogP contribution is -2.37. The van der Waals surface area contributed by atoms with Crippen LogP contribution in [0.25, 0.3) is 0 Å². The summed E-state index contributed by atoms with van der Waals surface area (Å²) in [6.07, 6.45) is -0.185. The standard InChI is InChI=1S/C11H11Cl3N2O3/c1-5(2-9(17)18)15-11(19)16-10-7(13)3-6(12)4-8(10)14/h3-5H,2H2,1H3,(H,17,18)(H2,15,16,19). The molecule has 1 rings (SSSR count). The number of aliphatic carboxylic acids is 1. The fourth-order valence-corrected chi connectivity index (χ4v) is 2.26. The van der Waals surface area contributed by atoms with Gasteiger partial charge in [0, 0.05) is 11.1 Å². The van der Waals surface area contributed by atoms with Crippen molar-refractivity contribution in [2.45, 2.75) is 19.4 Å². The SMILES string of the molecule is CC(CC(=O)O)NC(=O)Nc1c(Cl)cc(Cl)cc1Cl. The van der Waals surface area contributed by atoms with Crippen LogP contribution in [0.3, 0.4) is 0 Å². The molecule has 0 aliphatic heterocycles. The predicted octanol–water partition coefficient (Wildman–Crippen LogP) is 3.63. The number of carbonyl (C=O) groups is 2. The minimum absolute atomic E-state index is 0.185. The third-order valence-electron chi connectivity index (χ3n) is 2.10. The second kappa shape index (κ2) is 6.84. The molecule has 2 amide bonds. The number of carboxylic acid groups (broad SMARTS) is 1. The van der Waals surface area contributed by atoms with Crippen molar-refractivity contribution >= 4 is 52.5 Å². The lowest BCUT2D eigenvalue weighted by molar-refractivity contribution is -0.137. The van der Waals surface area contributed by atoms with Crippen molar-refractivity contribution < 1.29 is 14.7 Å². The molecule has 0 heterocycles. The molecule has 1 atom stereocenters. The molecule has 0 aromatic heterocycles. The fraction of sp³-hybridized carbons (Fsp3) is 0.273. The zero-order valence-electron chi connectivity index (χ0n) is 9.84.